The molecule has 156 valence electrons. The van der Waals surface area contributed by atoms with Crippen LogP contribution in [0, 0.1) is 5.92 Å². The van der Waals surface area contributed by atoms with Crippen LogP contribution in [-0.2, 0) is 30.9 Å². The van der Waals surface area contributed by atoms with Gasteiger partial charge >= 0.3 is 0 Å². The Morgan fingerprint density at radius 1 is 1.31 bits per heavy atom. The van der Waals surface area contributed by atoms with E-state index in [1.54, 1.807) is 14.2 Å². The number of fused-ring (bicyclic) bond motifs is 1. The molecule has 2 aromatic rings. The van der Waals surface area contributed by atoms with Gasteiger partial charge in [-0.25, -0.2) is 14.6 Å². The number of ether oxygens (including phenoxy) is 2. The molecule has 0 spiro atoms. The van der Waals surface area contributed by atoms with Crippen LogP contribution in [0.25, 0.3) is 0 Å². The Hall–Kier alpha value is -2.68. The van der Waals surface area contributed by atoms with Gasteiger partial charge in [0.05, 0.1) is 13.2 Å². The second-order valence-electron chi connectivity index (χ2n) is 7.62. The predicted octanol–water partition coefficient (Wildman–Crippen LogP) is 1.29. The highest BCUT2D eigenvalue weighted by Crippen LogP contribution is 2.29. The van der Waals surface area contributed by atoms with Gasteiger partial charge in [0.2, 0.25) is 5.88 Å². The summed E-state index contributed by atoms with van der Waals surface area (Å²) in [5.41, 5.74) is 1.08. The molecule has 0 radical (unpaired) electrons. The Kier molecular flexibility index (Phi) is 6.24. The number of nitrogens with one attached hydrogen (secondary N) is 2. The van der Waals surface area contributed by atoms with Crippen molar-refractivity contribution in [2.24, 2.45) is 10.9 Å². The number of hydrogen-bond donors (Lipinski definition) is 2. The summed E-state index contributed by atoms with van der Waals surface area (Å²) in [7, 11) is 3.44. The van der Waals surface area contributed by atoms with Gasteiger partial charge in [-0.1, -0.05) is 6.07 Å². The fourth-order valence-electron chi connectivity index (χ4n) is 3.33. The van der Waals surface area contributed by atoms with E-state index in [2.05, 4.69) is 30.7 Å². The summed E-state index contributed by atoms with van der Waals surface area (Å²) >= 11 is 0. The minimum atomic E-state index is 0.252. The first kappa shape index (κ1) is 19.6. The smallest absolute Gasteiger partial charge is 0.213 e. The first-order chi connectivity index (χ1) is 14.2. The van der Waals surface area contributed by atoms with Crippen LogP contribution in [0.2, 0.25) is 0 Å². The fraction of sp³-hybridized carbons (Fsp3) is 0.600. The molecule has 1 saturated carbocycles. The standard InChI is InChI=1S/C20H29N7O2/c1-21-20(23-10-15-5-8-19(22-9-15)29-12-14-3-4-14)24-16-6-7-18-25-17(13-28-2)26-27(18)11-16/h5,8-9,14,16H,3-4,6-7,10-13H2,1-2H3,(H2,21,23,24). The van der Waals surface area contributed by atoms with E-state index in [4.69, 9.17) is 9.47 Å². The van der Waals surface area contributed by atoms with Gasteiger partial charge in [0.15, 0.2) is 11.8 Å². The van der Waals surface area contributed by atoms with Crippen molar-refractivity contribution < 1.29 is 9.47 Å². The van der Waals surface area contributed by atoms with E-state index >= 15 is 0 Å². The zero-order chi connectivity index (χ0) is 20.1. The van der Waals surface area contributed by atoms with Crippen LogP contribution in [0.4, 0.5) is 0 Å². The van der Waals surface area contributed by atoms with Gasteiger partial charge in [-0.05, 0) is 30.7 Å². The Bertz CT molecular complexity index is 830. The molecule has 0 aromatic carbocycles. The number of aromatic nitrogens is 4. The summed E-state index contributed by atoms with van der Waals surface area (Å²) in [5.74, 6) is 3.95. The Labute approximate surface area is 170 Å². The van der Waals surface area contributed by atoms with Gasteiger partial charge in [-0.15, -0.1) is 0 Å². The van der Waals surface area contributed by atoms with Crippen LogP contribution in [0.3, 0.4) is 0 Å². The molecule has 9 heteroatoms. The van der Waals surface area contributed by atoms with E-state index < -0.39 is 0 Å². The third kappa shape index (κ3) is 5.44. The number of nitrogens with zero attached hydrogens (tertiary/aromatic N) is 5. The van der Waals surface area contributed by atoms with Crippen LogP contribution >= 0.6 is 0 Å². The number of aryl methyl sites for hydroxylation is 1. The third-order valence-corrected chi connectivity index (χ3v) is 5.16. The molecule has 29 heavy (non-hydrogen) atoms. The average molecular weight is 399 g/mol. The van der Waals surface area contributed by atoms with Crippen LogP contribution in [-0.4, -0.2) is 52.5 Å². The van der Waals surface area contributed by atoms with E-state index in [0.29, 0.717) is 19.0 Å². The van der Waals surface area contributed by atoms with Crippen molar-refractivity contribution in [1.82, 2.24) is 30.4 Å². The van der Waals surface area contributed by atoms with Gasteiger partial charge in [-0.3, -0.25) is 4.99 Å². The van der Waals surface area contributed by atoms with E-state index in [1.165, 1.54) is 12.8 Å². The number of pyridine rings is 1. The molecule has 1 atom stereocenters. The fourth-order valence-corrected chi connectivity index (χ4v) is 3.33. The molecule has 1 aliphatic heterocycles. The van der Waals surface area contributed by atoms with E-state index in [0.717, 1.165) is 55.1 Å². The largest absolute Gasteiger partial charge is 0.477 e. The minimum absolute atomic E-state index is 0.252. The van der Waals surface area contributed by atoms with Crippen molar-refractivity contribution in [3.8, 4) is 5.88 Å². The zero-order valence-electron chi connectivity index (χ0n) is 17.1. The molecule has 2 N–H and O–H groups in total. The van der Waals surface area contributed by atoms with E-state index in [-0.39, 0.29) is 6.04 Å². The number of guanidine groups is 1. The van der Waals surface area contributed by atoms with Gasteiger partial charge in [0.1, 0.15) is 12.4 Å². The lowest BCUT2D eigenvalue weighted by Crippen LogP contribution is -2.46. The maximum absolute atomic E-state index is 5.69. The first-order valence-electron chi connectivity index (χ1n) is 10.2. The Balaban J connectivity index is 1.25. The molecule has 1 unspecified atom stereocenters. The van der Waals surface area contributed by atoms with E-state index in [9.17, 15) is 0 Å². The van der Waals surface area contributed by atoms with Gasteiger partial charge in [-0.2, -0.15) is 5.10 Å². The van der Waals surface area contributed by atoms with Crippen LogP contribution in [0.1, 0.15) is 36.5 Å². The highest BCUT2D eigenvalue weighted by molar-refractivity contribution is 5.79. The SMILES string of the molecule is CN=C(NCc1ccc(OCC2CC2)nc1)NC1CCc2nc(COC)nn2C1. The highest BCUT2D eigenvalue weighted by atomic mass is 16.5. The summed E-state index contributed by atoms with van der Waals surface area (Å²) in [4.78, 5) is 13.3. The molecule has 2 aromatic heterocycles. The number of aliphatic imine (C=N–C) groups is 1. The quantitative estimate of drug-likeness (QED) is 0.510. The van der Waals surface area contributed by atoms with Crippen molar-refractivity contribution in [2.75, 3.05) is 20.8 Å². The Morgan fingerprint density at radius 2 is 2.21 bits per heavy atom. The second-order valence-corrected chi connectivity index (χ2v) is 7.62. The van der Waals surface area contributed by atoms with Crippen LogP contribution < -0.4 is 15.4 Å². The van der Waals surface area contributed by atoms with Crippen molar-refractivity contribution in [2.45, 2.75) is 51.4 Å². The molecule has 0 saturated heterocycles. The summed E-state index contributed by atoms with van der Waals surface area (Å²) in [6.07, 6.45) is 6.28. The second kappa shape index (κ2) is 9.21. The van der Waals surface area contributed by atoms with Crippen molar-refractivity contribution in [1.29, 1.82) is 0 Å². The molecule has 9 nitrogen and oxygen atoms in total. The maximum atomic E-state index is 5.69. The highest BCUT2D eigenvalue weighted by Gasteiger charge is 2.23. The summed E-state index contributed by atoms with van der Waals surface area (Å²) in [6.45, 7) is 2.64. The molecule has 4 rings (SSSR count). The van der Waals surface area contributed by atoms with Crippen LogP contribution in [0.15, 0.2) is 23.3 Å². The Morgan fingerprint density at radius 3 is 2.93 bits per heavy atom. The molecule has 2 aliphatic rings. The molecular formula is C20H29N7O2. The number of rotatable bonds is 8. The topological polar surface area (TPSA) is 98.5 Å². The van der Waals surface area contributed by atoms with Crippen molar-refractivity contribution in [3.63, 3.8) is 0 Å². The molecule has 1 fully saturated rings. The normalized spacial score (nSPS) is 19.0. The number of methoxy groups -OCH3 is 1. The zero-order valence-corrected chi connectivity index (χ0v) is 17.1. The maximum Gasteiger partial charge on any atom is 0.213 e. The molecule has 1 aliphatic carbocycles. The number of hydrogen-bond acceptors (Lipinski definition) is 6. The third-order valence-electron chi connectivity index (χ3n) is 5.16. The average Bonchev–Trinajstić information content (AvgIpc) is 3.49. The van der Waals surface area contributed by atoms with Crippen LogP contribution in [0.5, 0.6) is 5.88 Å². The van der Waals surface area contributed by atoms with Crippen molar-refractivity contribution in [3.05, 3.63) is 35.5 Å². The summed E-state index contributed by atoms with van der Waals surface area (Å²) in [5, 5.41) is 11.4. The summed E-state index contributed by atoms with van der Waals surface area (Å²) < 4.78 is 12.8. The molecular weight excluding hydrogens is 370 g/mol. The van der Waals surface area contributed by atoms with E-state index in [1.807, 2.05) is 23.0 Å². The van der Waals surface area contributed by atoms with Gasteiger partial charge in [0.25, 0.3) is 0 Å². The molecule has 0 amide bonds. The van der Waals surface area contributed by atoms with Crippen molar-refractivity contribution >= 4 is 5.96 Å². The van der Waals surface area contributed by atoms with Gasteiger partial charge < -0.3 is 20.1 Å². The lowest BCUT2D eigenvalue weighted by molar-refractivity contribution is 0.177. The first-order valence-corrected chi connectivity index (χ1v) is 10.2. The molecule has 0 bridgehead atoms. The minimum Gasteiger partial charge on any atom is -0.477 e. The monoisotopic (exact) mass is 399 g/mol. The lowest BCUT2D eigenvalue weighted by Gasteiger charge is -2.25. The van der Waals surface area contributed by atoms with Gasteiger partial charge in [0, 0.05) is 45.4 Å². The lowest BCUT2D eigenvalue weighted by atomic mass is 10.1. The molecule has 3 heterocycles. The summed E-state index contributed by atoms with van der Waals surface area (Å²) in [6, 6.07) is 4.22. The predicted molar refractivity (Wildman–Crippen MR) is 109 cm³/mol.